The molecule has 1 unspecified atom stereocenters. The van der Waals surface area contributed by atoms with Crippen LogP contribution < -0.4 is 0 Å². The molecule has 1 heterocycles. The van der Waals surface area contributed by atoms with Gasteiger partial charge >= 0.3 is 0 Å². The molecule has 0 bridgehead atoms. The van der Waals surface area contributed by atoms with Gasteiger partial charge in [-0.15, -0.1) is 0 Å². The van der Waals surface area contributed by atoms with Gasteiger partial charge in [0.1, 0.15) is 10.7 Å². The van der Waals surface area contributed by atoms with Crippen molar-refractivity contribution in [1.82, 2.24) is 4.98 Å². The maximum absolute atomic E-state index is 9.30. The molecule has 0 saturated heterocycles. The lowest BCUT2D eigenvalue weighted by Crippen LogP contribution is -2.05. The number of rotatable bonds is 2. The summed E-state index contributed by atoms with van der Waals surface area (Å²) in [5, 5.41) is 18.0. The molecule has 0 aliphatic heterocycles. The van der Waals surface area contributed by atoms with Crippen LogP contribution in [-0.4, -0.2) is 21.8 Å². The highest BCUT2D eigenvalue weighted by molar-refractivity contribution is 9.10. The predicted octanol–water partition coefficient (Wildman–Crippen LogP) is 1.18. The van der Waals surface area contributed by atoms with E-state index in [0.717, 1.165) is 10.3 Å². The summed E-state index contributed by atoms with van der Waals surface area (Å²) in [5.41, 5.74) is 1.40. The SMILES string of the molecule is Cc1nc(Br)ccc1C(O)CO. The van der Waals surface area contributed by atoms with Gasteiger partial charge < -0.3 is 10.2 Å². The molecule has 3 nitrogen and oxygen atoms in total. The molecule has 12 heavy (non-hydrogen) atoms. The number of hydrogen-bond acceptors (Lipinski definition) is 3. The highest BCUT2D eigenvalue weighted by Crippen LogP contribution is 2.17. The molecule has 4 heteroatoms. The van der Waals surface area contributed by atoms with E-state index >= 15 is 0 Å². The van der Waals surface area contributed by atoms with Crippen LogP contribution in [0.25, 0.3) is 0 Å². The number of aromatic nitrogens is 1. The molecule has 0 radical (unpaired) electrons. The minimum Gasteiger partial charge on any atom is -0.393 e. The van der Waals surface area contributed by atoms with E-state index in [2.05, 4.69) is 20.9 Å². The zero-order valence-corrected chi connectivity index (χ0v) is 8.24. The molecule has 66 valence electrons. The second kappa shape index (κ2) is 3.98. The van der Waals surface area contributed by atoms with Gasteiger partial charge in [0.05, 0.1) is 6.61 Å². The van der Waals surface area contributed by atoms with E-state index in [0.29, 0.717) is 5.56 Å². The zero-order chi connectivity index (χ0) is 9.14. The zero-order valence-electron chi connectivity index (χ0n) is 6.66. The van der Waals surface area contributed by atoms with Gasteiger partial charge in [0.15, 0.2) is 0 Å². The minimum atomic E-state index is -0.828. The first-order valence-electron chi connectivity index (χ1n) is 3.57. The fraction of sp³-hybridized carbons (Fsp3) is 0.375. The molecule has 2 N–H and O–H groups in total. The molecule has 0 amide bonds. The highest BCUT2D eigenvalue weighted by Gasteiger charge is 2.09. The fourth-order valence-corrected chi connectivity index (χ4v) is 1.39. The Bertz CT molecular complexity index is 278. The molecule has 0 aromatic carbocycles. The molecule has 0 aliphatic carbocycles. The van der Waals surface area contributed by atoms with Crippen LogP contribution in [0.1, 0.15) is 17.4 Å². The molecule has 1 aromatic heterocycles. The lowest BCUT2D eigenvalue weighted by Gasteiger charge is -2.09. The van der Waals surface area contributed by atoms with Crippen LogP contribution in [-0.2, 0) is 0 Å². The predicted molar refractivity (Wildman–Crippen MR) is 48.7 cm³/mol. The fourth-order valence-electron chi connectivity index (χ4n) is 0.992. The lowest BCUT2D eigenvalue weighted by atomic mass is 10.1. The number of nitrogens with zero attached hydrogens (tertiary/aromatic N) is 1. The van der Waals surface area contributed by atoms with Crippen molar-refractivity contribution in [1.29, 1.82) is 0 Å². The van der Waals surface area contributed by atoms with E-state index in [9.17, 15) is 5.11 Å². The van der Waals surface area contributed by atoms with Crippen molar-refractivity contribution in [2.75, 3.05) is 6.61 Å². The number of aryl methyl sites for hydroxylation is 1. The molecule has 0 fully saturated rings. The van der Waals surface area contributed by atoms with Gasteiger partial charge in [0.2, 0.25) is 0 Å². The van der Waals surface area contributed by atoms with Crippen LogP contribution in [0.3, 0.4) is 0 Å². The van der Waals surface area contributed by atoms with Crippen LogP contribution in [0.5, 0.6) is 0 Å². The third-order valence-electron chi connectivity index (χ3n) is 1.62. The van der Waals surface area contributed by atoms with E-state index in [-0.39, 0.29) is 6.61 Å². The third-order valence-corrected chi connectivity index (χ3v) is 2.07. The number of aliphatic hydroxyl groups excluding tert-OH is 2. The summed E-state index contributed by atoms with van der Waals surface area (Å²) in [4.78, 5) is 4.09. The molecular formula is C8H10BrNO2. The van der Waals surface area contributed by atoms with Crippen molar-refractivity contribution in [2.45, 2.75) is 13.0 Å². The maximum atomic E-state index is 9.30. The monoisotopic (exact) mass is 231 g/mol. The molecule has 1 rings (SSSR count). The Morgan fingerprint density at radius 1 is 1.58 bits per heavy atom. The minimum absolute atomic E-state index is 0.274. The topological polar surface area (TPSA) is 53.4 Å². The molecule has 1 atom stereocenters. The van der Waals surface area contributed by atoms with Gasteiger partial charge in [0.25, 0.3) is 0 Å². The maximum Gasteiger partial charge on any atom is 0.106 e. The number of hydrogen-bond donors (Lipinski definition) is 2. The first kappa shape index (κ1) is 9.64. The van der Waals surface area contributed by atoms with Crippen molar-refractivity contribution >= 4 is 15.9 Å². The van der Waals surface area contributed by atoms with E-state index in [1.807, 2.05) is 0 Å². The van der Waals surface area contributed by atoms with Gasteiger partial charge in [-0.3, -0.25) is 0 Å². The van der Waals surface area contributed by atoms with Crippen molar-refractivity contribution in [3.63, 3.8) is 0 Å². The Hall–Kier alpha value is -0.450. The van der Waals surface area contributed by atoms with Gasteiger partial charge in [0, 0.05) is 11.3 Å². The first-order chi connectivity index (χ1) is 5.65. The van der Waals surface area contributed by atoms with Crippen LogP contribution >= 0.6 is 15.9 Å². The number of pyridine rings is 1. The molecule has 0 saturated carbocycles. The lowest BCUT2D eigenvalue weighted by molar-refractivity contribution is 0.0948. The van der Waals surface area contributed by atoms with Crippen molar-refractivity contribution in [3.05, 3.63) is 28.0 Å². The summed E-state index contributed by atoms with van der Waals surface area (Å²) in [7, 11) is 0. The van der Waals surface area contributed by atoms with Crippen LogP contribution in [0.15, 0.2) is 16.7 Å². The molecule has 1 aromatic rings. The third kappa shape index (κ3) is 2.03. The second-order valence-corrected chi connectivity index (χ2v) is 3.32. The van der Waals surface area contributed by atoms with Crippen molar-refractivity contribution in [2.24, 2.45) is 0 Å². The van der Waals surface area contributed by atoms with Crippen LogP contribution in [0.4, 0.5) is 0 Å². The quantitative estimate of drug-likeness (QED) is 0.752. The Morgan fingerprint density at radius 3 is 2.75 bits per heavy atom. The number of aliphatic hydroxyl groups is 2. The highest BCUT2D eigenvalue weighted by atomic mass is 79.9. The van der Waals surface area contributed by atoms with Gasteiger partial charge in [-0.1, -0.05) is 6.07 Å². The summed E-state index contributed by atoms with van der Waals surface area (Å²) in [5.74, 6) is 0. The Balaban J connectivity index is 3.01. The molecule has 0 spiro atoms. The average Bonchev–Trinajstić information content (AvgIpc) is 2.03. The van der Waals surface area contributed by atoms with E-state index in [4.69, 9.17) is 5.11 Å². The normalized spacial score (nSPS) is 13.0. The summed E-state index contributed by atoms with van der Waals surface area (Å²) >= 11 is 3.21. The van der Waals surface area contributed by atoms with E-state index in [1.165, 1.54) is 0 Å². The van der Waals surface area contributed by atoms with Crippen molar-refractivity contribution in [3.8, 4) is 0 Å². The molecule has 0 aliphatic rings. The summed E-state index contributed by atoms with van der Waals surface area (Å²) in [6, 6.07) is 3.48. The Labute approximate surface area is 79.2 Å². The van der Waals surface area contributed by atoms with E-state index in [1.54, 1.807) is 19.1 Å². The number of halogens is 1. The Morgan fingerprint density at radius 2 is 2.25 bits per heavy atom. The van der Waals surface area contributed by atoms with E-state index < -0.39 is 6.10 Å². The van der Waals surface area contributed by atoms with Gasteiger partial charge in [-0.05, 0) is 28.9 Å². The molecular weight excluding hydrogens is 222 g/mol. The first-order valence-corrected chi connectivity index (χ1v) is 4.36. The largest absolute Gasteiger partial charge is 0.393 e. The second-order valence-electron chi connectivity index (χ2n) is 2.51. The summed E-state index contributed by atoms with van der Waals surface area (Å²) < 4.78 is 0.730. The summed E-state index contributed by atoms with van der Waals surface area (Å²) in [6.07, 6.45) is -0.828. The van der Waals surface area contributed by atoms with Crippen LogP contribution in [0, 0.1) is 6.92 Å². The van der Waals surface area contributed by atoms with Gasteiger partial charge in [-0.25, -0.2) is 4.98 Å². The smallest absolute Gasteiger partial charge is 0.106 e. The average molecular weight is 232 g/mol. The summed E-state index contributed by atoms with van der Waals surface area (Å²) in [6.45, 7) is 1.52. The van der Waals surface area contributed by atoms with Crippen molar-refractivity contribution < 1.29 is 10.2 Å². The standard InChI is InChI=1S/C8H10BrNO2/c1-5-6(7(12)4-11)2-3-8(9)10-5/h2-3,7,11-12H,4H2,1H3. The Kier molecular flexibility index (Phi) is 3.20. The van der Waals surface area contributed by atoms with Gasteiger partial charge in [-0.2, -0.15) is 0 Å². The van der Waals surface area contributed by atoms with Crippen LogP contribution in [0.2, 0.25) is 0 Å².